The number of rotatable bonds is 17. The zero-order chi connectivity index (χ0) is 29.0. The summed E-state index contributed by atoms with van der Waals surface area (Å²) >= 11 is 0. The van der Waals surface area contributed by atoms with E-state index in [1.807, 2.05) is 39.3 Å². The lowest BCUT2D eigenvalue weighted by molar-refractivity contribution is -0.132. The maximum atomic E-state index is 11.4. The maximum absolute atomic E-state index is 11.4. The molecule has 0 unspecified atom stereocenters. The molecule has 0 rings (SSSR count). The molecule has 0 bridgehead atoms. The monoisotopic (exact) mass is 630 g/mol. The predicted molar refractivity (Wildman–Crippen MR) is 166 cm³/mol. The van der Waals surface area contributed by atoms with Crippen molar-refractivity contribution in [1.29, 1.82) is 0 Å². The fourth-order valence-electron chi connectivity index (χ4n) is 4.24. The number of hydrogen-bond donors (Lipinski definition) is 1. The molecule has 0 amide bonds. The first kappa shape index (κ1) is 36.5. The highest BCUT2D eigenvalue weighted by molar-refractivity contribution is 6.92. The third-order valence-corrected chi connectivity index (χ3v) is 28.0. The first-order chi connectivity index (χ1) is 15.6. The Hall–Kier alpha value is 0.488. The third kappa shape index (κ3) is 17.2. The van der Waals surface area contributed by atoms with Gasteiger partial charge in [-0.3, -0.25) is 0 Å². The summed E-state index contributed by atoms with van der Waals surface area (Å²) in [5.74, 6) is -0.990. The van der Waals surface area contributed by atoms with Gasteiger partial charge in [-0.05, 0) is 111 Å². The van der Waals surface area contributed by atoms with Gasteiger partial charge in [0.15, 0.2) is 25.0 Å². The lowest BCUT2D eigenvalue weighted by Gasteiger charge is -2.46. The van der Waals surface area contributed by atoms with Crippen LogP contribution in [0.15, 0.2) is 12.2 Å². The molecule has 36 heavy (non-hydrogen) atoms. The second-order valence-electron chi connectivity index (χ2n) is 13.6. The minimum atomic E-state index is -3.46. The van der Waals surface area contributed by atoms with Crippen LogP contribution < -0.4 is 0 Å². The van der Waals surface area contributed by atoms with Crippen molar-refractivity contribution in [1.82, 2.24) is 0 Å². The van der Waals surface area contributed by atoms with Gasteiger partial charge in [0.2, 0.25) is 0 Å². The molecule has 15 heteroatoms. The largest absolute Gasteiger partial charge is 0.478 e. The van der Waals surface area contributed by atoms with Crippen LogP contribution in [-0.4, -0.2) is 70.5 Å². The zero-order valence-corrected chi connectivity index (χ0v) is 32.6. The molecule has 0 radical (unpaired) electrons. The number of hydrogen-bond acceptors (Lipinski definition) is 7. The highest BCUT2D eigenvalue weighted by atomic mass is 28.5. The van der Waals surface area contributed by atoms with Crippen LogP contribution in [0.5, 0.6) is 0 Å². The van der Waals surface area contributed by atoms with Gasteiger partial charge in [-0.15, -0.1) is 0 Å². The standard InChI is InChI=1S/C21H54O8Si7/c1-20(21(22)23)18-17-19-36(27-33(11,12)24-30(2,3)4,28-34(13,14)25-31(5,6)7)29-35(15,16)26-32(8,9)10/h1,17-19H2,2-16H3,(H,22,23). The Labute approximate surface area is 228 Å². The van der Waals surface area contributed by atoms with Crippen LogP contribution in [0.3, 0.4) is 0 Å². The Bertz CT molecular complexity index is 679. The predicted octanol–water partition coefficient (Wildman–Crippen LogP) is 7.06. The molecule has 0 spiro atoms. The Morgan fingerprint density at radius 2 is 0.861 bits per heavy atom. The minimum absolute atomic E-state index is 0.164. The van der Waals surface area contributed by atoms with Crippen molar-refractivity contribution in [2.24, 2.45) is 0 Å². The molecule has 0 aromatic carbocycles. The van der Waals surface area contributed by atoms with E-state index in [4.69, 9.17) is 24.7 Å². The van der Waals surface area contributed by atoms with E-state index in [-0.39, 0.29) is 5.57 Å². The molecule has 0 aromatic heterocycles. The normalized spacial score (nSPS) is 14.8. The van der Waals surface area contributed by atoms with E-state index in [0.29, 0.717) is 18.9 Å². The molecule has 0 heterocycles. The van der Waals surface area contributed by atoms with Crippen molar-refractivity contribution in [2.75, 3.05) is 0 Å². The van der Waals surface area contributed by atoms with Gasteiger partial charge in [-0.2, -0.15) is 0 Å². The van der Waals surface area contributed by atoms with Crippen molar-refractivity contribution >= 4 is 65.4 Å². The second kappa shape index (κ2) is 12.8. The summed E-state index contributed by atoms with van der Waals surface area (Å²) in [7, 11) is -17.3. The number of carboxylic acids is 1. The average Bonchev–Trinajstić information content (AvgIpc) is 2.44. The fraction of sp³-hybridized carbons (Fsp3) is 0.857. The van der Waals surface area contributed by atoms with Crippen LogP contribution in [0.25, 0.3) is 0 Å². The van der Waals surface area contributed by atoms with Crippen LogP contribution in [0.1, 0.15) is 12.8 Å². The Balaban J connectivity index is 6.58. The van der Waals surface area contributed by atoms with Crippen LogP contribution >= 0.6 is 0 Å². The lowest BCUT2D eigenvalue weighted by atomic mass is 10.2. The van der Waals surface area contributed by atoms with Gasteiger partial charge in [0.1, 0.15) is 0 Å². The Morgan fingerprint density at radius 3 is 1.08 bits per heavy atom. The summed E-state index contributed by atoms with van der Waals surface area (Å²) in [5.41, 5.74) is 0.164. The van der Waals surface area contributed by atoms with E-state index in [2.05, 4.69) is 65.5 Å². The molecule has 214 valence electrons. The molecular formula is C21H54O8Si7. The van der Waals surface area contributed by atoms with Gasteiger partial charge in [0, 0.05) is 11.6 Å². The molecule has 0 atom stereocenters. The minimum Gasteiger partial charge on any atom is -0.478 e. The fourth-order valence-corrected chi connectivity index (χ4v) is 36.0. The summed E-state index contributed by atoms with van der Waals surface area (Å²) in [6.45, 7) is 35.3. The first-order valence-corrected chi connectivity index (χ1v) is 33.3. The van der Waals surface area contributed by atoms with Gasteiger partial charge < -0.3 is 29.8 Å². The van der Waals surface area contributed by atoms with Crippen LogP contribution in [-0.2, 0) is 29.5 Å². The van der Waals surface area contributed by atoms with E-state index < -0.39 is 65.4 Å². The molecule has 0 saturated carbocycles. The van der Waals surface area contributed by atoms with Crippen molar-refractivity contribution in [2.45, 2.75) is 117 Å². The van der Waals surface area contributed by atoms with E-state index in [1.165, 1.54) is 0 Å². The summed E-state index contributed by atoms with van der Waals surface area (Å²) in [5, 5.41) is 9.35. The molecule has 0 aliphatic carbocycles. The zero-order valence-electron chi connectivity index (χ0n) is 25.6. The van der Waals surface area contributed by atoms with E-state index in [0.717, 1.165) is 0 Å². The van der Waals surface area contributed by atoms with E-state index in [1.54, 1.807) is 0 Å². The molecule has 8 nitrogen and oxygen atoms in total. The Kier molecular flexibility index (Phi) is 12.9. The summed E-state index contributed by atoms with van der Waals surface area (Å²) < 4.78 is 40.5. The lowest BCUT2D eigenvalue weighted by Crippen LogP contribution is -2.66. The van der Waals surface area contributed by atoms with Crippen LogP contribution in [0.2, 0.25) is 104 Å². The Morgan fingerprint density at radius 1 is 0.583 bits per heavy atom. The van der Waals surface area contributed by atoms with Crippen LogP contribution in [0, 0.1) is 0 Å². The number of carbonyl (C=O) groups is 1. The summed E-state index contributed by atoms with van der Waals surface area (Å²) in [6.07, 6.45) is 0.842. The van der Waals surface area contributed by atoms with Gasteiger partial charge >= 0.3 is 40.5 Å². The number of carboxylic acid groups (broad SMARTS) is 1. The van der Waals surface area contributed by atoms with E-state index in [9.17, 15) is 9.90 Å². The molecule has 0 fully saturated rings. The van der Waals surface area contributed by atoms with Gasteiger partial charge in [-0.25, -0.2) is 4.79 Å². The third-order valence-electron chi connectivity index (χ3n) is 4.12. The second-order valence-corrected chi connectivity index (χ2v) is 41.4. The van der Waals surface area contributed by atoms with Crippen molar-refractivity contribution < 1.29 is 34.6 Å². The maximum Gasteiger partial charge on any atom is 0.474 e. The highest BCUT2D eigenvalue weighted by Gasteiger charge is 2.55. The molecule has 0 aliphatic heterocycles. The van der Waals surface area contributed by atoms with Crippen molar-refractivity contribution in [3.8, 4) is 0 Å². The molecule has 0 saturated heterocycles. The van der Waals surface area contributed by atoms with Gasteiger partial charge in [0.05, 0.1) is 0 Å². The quantitative estimate of drug-likeness (QED) is 0.135. The smallest absolute Gasteiger partial charge is 0.474 e. The van der Waals surface area contributed by atoms with E-state index >= 15 is 0 Å². The van der Waals surface area contributed by atoms with Crippen LogP contribution in [0.4, 0.5) is 0 Å². The van der Waals surface area contributed by atoms with Gasteiger partial charge in [0.25, 0.3) is 0 Å². The SMILES string of the molecule is C=C(CCC[Si](O[Si](C)(C)O[Si](C)(C)C)(O[Si](C)(C)O[Si](C)(C)C)O[Si](C)(C)O[Si](C)(C)C)C(=O)O. The molecule has 0 aliphatic rings. The number of aliphatic carboxylic acids is 1. The summed E-state index contributed by atoms with van der Waals surface area (Å²) in [4.78, 5) is 11.4. The molecule has 0 aromatic rings. The molecular weight excluding hydrogens is 577 g/mol. The average molecular weight is 631 g/mol. The summed E-state index contributed by atoms with van der Waals surface area (Å²) in [6, 6.07) is 0.446. The topological polar surface area (TPSA) is 92.7 Å². The molecule has 1 N–H and O–H groups in total. The van der Waals surface area contributed by atoms with Crippen molar-refractivity contribution in [3.63, 3.8) is 0 Å². The van der Waals surface area contributed by atoms with Gasteiger partial charge in [-0.1, -0.05) is 6.58 Å². The highest BCUT2D eigenvalue weighted by Crippen LogP contribution is 2.34. The van der Waals surface area contributed by atoms with Crippen molar-refractivity contribution in [3.05, 3.63) is 12.2 Å². The first-order valence-electron chi connectivity index (χ1n) is 12.7.